The molecule has 0 spiro atoms. The molecule has 2 rings (SSSR count). The number of halogens is 2. The van der Waals surface area contributed by atoms with E-state index in [1.807, 2.05) is 0 Å². The summed E-state index contributed by atoms with van der Waals surface area (Å²) in [4.78, 5) is 23.0. The molecule has 1 amide bonds. The van der Waals surface area contributed by atoms with Crippen molar-refractivity contribution < 1.29 is 14.7 Å². The van der Waals surface area contributed by atoms with Crippen LogP contribution in [0.3, 0.4) is 0 Å². The number of hydrogen-bond acceptors (Lipinski definition) is 2. The second-order valence-corrected chi connectivity index (χ2v) is 6.31. The highest BCUT2D eigenvalue weighted by atomic mass is 79.9. The lowest BCUT2D eigenvalue weighted by atomic mass is 9.86. The number of carboxylic acid groups (broad SMARTS) is 1. The molecular formula is C14H15BrClNO3. The van der Waals surface area contributed by atoms with E-state index in [0.29, 0.717) is 36.3 Å². The Bertz CT molecular complexity index is 527. The van der Waals surface area contributed by atoms with Crippen molar-refractivity contribution in [2.75, 3.05) is 0 Å². The van der Waals surface area contributed by atoms with E-state index in [4.69, 9.17) is 16.7 Å². The highest BCUT2D eigenvalue weighted by Crippen LogP contribution is 2.26. The van der Waals surface area contributed by atoms with Crippen LogP contribution in [0.25, 0.3) is 0 Å². The highest BCUT2D eigenvalue weighted by molar-refractivity contribution is 9.10. The monoisotopic (exact) mass is 359 g/mol. The molecule has 4 nitrogen and oxygen atoms in total. The van der Waals surface area contributed by atoms with Crippen LogP contribution in [0, 0.1) is 5.92 Å². The predicted octanol–water partition coefficient (Wildman–Crippen LogP) is 3.48. The van der Waals surface area contributed by atoms with Gasteiger partial charge in [-0.2, -0.15) is 0 Å². The zero-order valence-corrected chi connectivity index (χ0v) is 13.1. The number of benzene rings is 1. The molecule has 1 aliphatic rings. The van der Waals surface area contributed by atoms with Gasteiger partial charge in [-0.3, -0.25) is 9.59 Å². The molecule has 1 aromatic rings. The van der Waals surface area contributed by atoms with Crippen LogP contribution in [-0.4, -0.2) is 23.0 Å². The van der Waals surface area contributed by atoms with Crippen LogP contribution in [0.5, 0.6) is 0 Å². The van der Waals surface area contributed by atoms with Gasteiger partial charge in [0.1, 0.15) is 0 Å². The van der Waals surface area contributed by atoms with Crippen LogP contribution >= 0.6 is 27.5 Å². The van der Waals surface area contributed by atoms with Gasteiger partial charge in [-0.05, 0) is 43.9 Å². The first-order valence-electron chi connectivity index (χ1n) is 6.46. The number of nitrogens with one attached hydrogen (secondary N) is 1. The molecule has 1 aromatic carbocycles. The molecule has 2 N–H and O–H groups in total. The first-order valence-corrected chi connectivity index (χ1v) is 7.63. The Balaban J connectivity index is 1.94. The van der Waals surface area contributed by atoms with Crippen LogP contribution in [0.1, 0.15) is 36.0 Å². The number of amides is 1. The normalized spacial score (nSPS) is 22.3. The van der Waals surface area contributed by atoms with E-state index in [9.17, 15) is 9.59 Å². The van der Waals surface area contributed by atoms with Crippen molar-refractivity contribution in [3.63, 3.8) is 0 Å². The Morgan fingerprint density at radius 3 is 2.45 bits per heavy atom. The van der Waals surface area contributed by atoms with E-state index >= 15 is 0 Å². The van der Waals surface area contributed by atoms with E-state index < -0.39 is 5.97 Å². The number of hydrogen-bond donors (Lipinski definition) is 2. The van der Waals surface area contributed by atoms with Gasteiger partial charge in [-0.25, -0.2) is 0 Å². The Kier molecular flexibility index (Phi) is 5.05. The summed E-state index contributed by atoms with van der Waals surface area (Å²) in [5, 5.41) is 12.3. The molecule has 1 saturated carbocycles. The van der Waals surface area contributed by atoms with Gasteiger partial charge in [-0.15, -0.1) is 0 Å². The first kappa shape index (κ1) is 15.3. The van der Waals surface area contributed by atoms with Gasteiger partial charge >= 0.3 is 5.97 Å². The third-order valence-corrected chi connectivity index (χ3v) is 4.39. The minimum absolute atomic E-state index is 0.0258. The van der Waals surface area contributed by atoms with Crippen LogP contribution in [0.15, 0.2) is 22.7 Å². The summed E-state index contributed by atoms with van der Waals surface area (Å²) in [7, 11) is 0. The lowest BCUT2D eigenvalue weighted by Crippen LogP contribution is -2.38. The summed E-state index contributed by atoms with van der Waals surface area (Å²) in [5.41, 5.74) is 0.440. The molecule has 0 bridgehead atoms. The topological polar surface area (TPSA) is 66.4 Å². The smallest absolute Gasteiger partial charge is 0.306 e. The Morgan fingerprint density at radius 2 is 1.90 bits per heavy atom. The minimum atomic E-state index is -0.745. The molecule has 1 fully saturated rings. The summed E-state index contributed by atoms with van der Waals surface area (Å²) in [6, 6.07) is 5.14. The molecule has 6 heteroatoms. The largest absolute Gasteiger partial charge is 0.481 e. The first-order chi connectivity index (χ1) is 9.47. The Labute approximate surface area is 130 Å². The van der Waals surface area contributed by atoms with Crippen molar-refractivity contribution in [3.8, 4) is 0 Å². The van der Waals surface area contributed by atoms with Gasteiger partial charge in [0.25, 0.3) is 5.91 Å². The minimum Gasteiger partial charge on any atom is -0.481 e. The summed E-state index contributed by atoms with van der Waals surface area (Å²) in [5.74, 6) is -1.23. The summed E-state index contributed by atoms with van der Waals surface area (Å²) in [6.45, 7) is 0. The highest BCUT2D eigenvalue weighted by Gasteiger charge is 2.27. The van der Waals surface area contributed by atoms with Gasteiger partial charge in [0.15, 0.2) is 0 Å². The van der Waals surface area contributed by atoms with E-state index in [1.165, 1.54) is 0 Å². The molecule has 1 aliphatic carbocycles. The molecular weight excluding hydrogens is 346 g/mol. The van der Waals surface area contributed by atoms with Crippen LogP contribution in [-0.2, 0) is 4.79 Å². The maximum Gasteiger partial charge on any atom is 0.306 e. The third-order valence-electron chi connectivity index (χ3n) is 3.59. The predicted molar refractivity (Wildman–Crippen MR) is 80.0 cm³/mol. The van der Waals surface area contributed by atoms with Gasteiger partial charge in [0, 0.05) is 10.5 Å². The molecule has 0 heterocycles. The second kappa shape index (κ2) is 6.59. The summed E-state index contributed by atoms with van der Waals surface area (Å²) < 4.78 is 0.820. The van der Waals surface area contributed by atoms with Crippen molar-refractivity contribution in [1.29, 1.82) is 0 Å². The molecule has 20 heavy (non-hydrogen) atoms. The average molecular weight is 361 g/mol. The number of rotatable bonds is 3. The molecule has 0 aliphatic heterocycles. The zero-order valence-electron chi connectivity index (χ0n) is 10.7. The molecule has 0 saturated heterocycles. The molecule has 0 unspecified atom stereocenters. The van der Waals surface area contributed by atoms with Gasteiger partial charge in [-0.1, -0.05) is 27.5 Å². The number of carbonyl (C=O) groups excluding carboxylic acids is 1. The second-order valence-electron chi connectivity index (χ2n) is 4.98. The Hall–Kier alpha value is -1.07. The van der Waals surface area contributed by atoms with Crippen LogP contribution in [0.4, 0.5) is 0 Å². The molecule has 0 radical (unpaired) electrons. The lowest BCUT2D eigenvalue weighted by molar-refractivity contribution is -0.142. The summed E-state index contributed by atoms with van der Waals surface area (Å²) >= 11 is 9.33. The van der Waals surface area contributed by atoms with Crippen LogP contribution in [0.2, 0.25) is 5.02 Å². The SMILES string of the molecule is O=C(NC1CCC(C(=O)O)CC1)c1ccc(Br)cc1Cl. The fourth-order valence-corrected chi connectivity index (χ4v) is 3.18. The maximum absolute atomic E-state index is 12.1. The fourth-order valence-electron chi connectivity index (χ4n) is 2.42. The van der Waals surface area contributed by atoms with Crippen LogP contribution < -0.4 is 5.32 Å². The molecule has 0 atom stereocenters. The molecule has 108 valence electrons. The maximum atomic E-state index is 12.1. The van der Waals surface area contributed by atoms with Gasteiger partial charge < -0.3 is 10.4 Å². The third kappa shape index (κ3) is 3.73. The fraction of sp³-hybridized carbons (Fsp3) is 0.429. The quantitative estimate of drug-likeness (QED) is 0.867. The standard InChI is InChI=1S/C14H15BrClNO3/c15-9-3-6-11(12(16)7-9)13(18)17-10-4-1-8(2-5-10)14(19)20/h3,6-8,10H,1-2,4-5H2,(H,17,18)(H,19,20). The van der Waals surface area contributed by atoms with Crippen molar-refractivity contribution in [1.82, 2.24) is 5.32 Å². The van der Waals surface area contributed by atoms with E-state index in [-0.39, 0.29) is 17.9 Å². The van der Waals surface area contributed by atoms with Crippen molar-refractivity contribution >= 4 is 39.4 Å². The summed E-state index contributed by atoms with van der Waals surface area (Å²) in [6.07, 6.45) is 2.59. The zero-order chi connectivity index (χ0) is 14.7. The van der Waals surface area contributed by atoms with Crippen molar-refractivity contribution in [3.05, 3.63) is 33.3 Å². The number of carboxylic acids is 1. The van der Waals surface area contributed by atoms with Gasteiger partial charge in [0.2, 0.25) is 0 Å². The van der Waals surface area contributed by atoms with Crippen molar-refractivity contribution in [2.24, 2.45) is 5.92 Å². The van der Waals surface area contributed by atoms with Gasteiger partial charge in [0.05, 0.1) is 16.5 Å². The van der Waals surface area contributed by atoms with E-state index in [0.717, 1.165) is 4.47 Å². The van der Waals surface area contributed by atoms with Crippen molar-refractivity contribution in [2.45, 2.75) is 31.7 Å². The number of carbonyl (C=O) groups is 2. The number of aliphatic carboxylic acids is 1. The lowest BCUT2D eigenvalue weighted by Gasteiger charge is -2.26. The average Bonchev–Trinajstić information content (AvgIpc) is 2.39. The van der Waals surface area contributed by atoms with E-state index in [1.54, 1.807) is 18.2 Å². The molecule has 0 aromatic heterocycles. The van der Waals surface area contributed by atoms with E-state index in [2.05, 4.69) is 21.2 Å². The Morgan fingerprint density at radius 1 is 1.25 bits per heavy atom.